The Morgan fingerprint density at radius 3 is 2.67 bits per heavy atom. The van der Waals surface area contributed by atoms with E-state index in [4.69, 9.17) is 0 Å². The zero-order valence-corrected chi connectivity index (χ0v) is 7.63. The molecule has 0 bridgehead atoms. The fourth-order valence-corrected chi connectivity index (χ4v) is 1.20. The maximum absolute atomic E-state index is 11.2. The van der Waals surface area contributed by atoms with Gasteiger partial charge in [0.1, 0.15) is 12.0 Å². The molecule has 0 saturated carbocycles. The van der Waals surface area contributed by atoms with Crippen molar-refractivity contribution in [2.45, 2.75) is 19.1 Å². The minimum absolute atomic E-state index is 0.351. The van der Waals surface area contributed by atoms with Crippen molar-refractivity contribution in [1.29, 1.82) is 0 Å². The maximum Gasteiger partial charge on any atom is 0.235 e. The third-order valence-electron chi connectivity index (χ3n) is 1.31. The molecule has 1 aromatic heterocycles. The fourth-order valence-electron chi connectivity index (χ4n) is 0.537. The van der Waals surface area contributed by atoms with Crippen molar-refractivity contribution in [3.8, 4) is 0 Å². The van der Waals surface area contributed by atoms with Gasteiger partial charge in [0.05, 0.1) is 11.4 Å². The first-order chi connectivity index (χ1) is 5.52. The van der Waals surface area contributed by atoms with Crippen LogP contribution in [0.1, 0.15) is 13.8 Å². The summed E-state index contributed by atoms with van der Waals surface area (Å²) < 4.78 is 29.2. The largest absolute Gasteiger partial charge is 0.362 e. The summed E-state index contributed by atoms with van der Waals surface area (Å²) in [6, 6.07) is 0. The first-order valence-corrected chi connectivity index (χ1v) is 4.98. The van der Waals surface area contributed by atoms with E-state index in [1.807, 2.05) is 0 Å². The van der Waals surface area contributed by atoms with E-state index >= 15 is 0 Å². The van der Waals surface area contributed by atoms with Gasteiger partial charge in [-0.1, -0.05) is 5.16 Å². The number of hydrogen-bond donors (Lipinski definition) is 1. The van der Waals surface area contributed by atoms with Crippen molar-refractivity contribution in [2.24, 2.45) is 0 Å². The van der Waals surface area contributed by atoms with Crippen molar-refractivity contribution in [3.05, 3.63) is 12.5 Å². The number of sulfonamides is 1. The van der Waals surface area contributed by atoms with Gasteiger partial charge in [0.25, 0.3) is 0 Å². The van der Waals surface area contributed by atoms with Crippen molar-refractivity contribution in [2.75, 3.05) is 4.72 Å². The van der Waals surface area contributed by atoms with E-state index in [9.17, 15) is 8.42 Å². The molecule has 0 saturated heterocycles. The molecule has 0 atom stereocenters. The molecule has 0 aliphatic carbocycles. The standard InChI is InChI=1S/C6H10N2O3S/c1-5(2)12(9,10)8-6-3-7-11-4-6/h3-5,8H,1-2H3. The third-order valence-corrected chi connectivity index (χ3v) is 3.07. The van der Waals surface area contributed by atoms with Crippen LogP contribution in [-0.2, 0) is 10.0 Å². The first kappa shape index (κ1) is 9.05. The molecule has 12 heavy (non-hydrogen) atoms. The molecule has 68 valence electrons. The van der Waals surface area contributed by atoms with Crippen molar-refractivity contribution >= 4 is 15.7 Å². The zero-order valence-electron chi connectivity index (χ0n) is 6.81. The first-order valence-electron chi connectivity index (χ1n) is 3.43. The Morgan fingerprint density at radius 2 is 2.25 bits per heavy atom. The molecule has 0 amide bonds. The Hall–Kier alpha value is -1.04. The van der Waals surface area contributed by atoms with Gasteiger partial charge in [-0.05, 0) is 13.8 Å². The van der Waals surface area contributed by atoms with Gasteiger partial charge >= 0.3 is 0 Å². The van der Waals surface area contributed by atoms with Crippen molar-refractivity contribution < 1.29 is 12.9 Å². The quantitative estimate of drug-likeness (QED) is 0.766. The van der Waals surface area contributed by atoms with E-state index < -0.39 is 15.3 Å². The van der Waals surface area contributed by atoms with Gasteiger partial charge in [-0.15, -0.1) is 0 Å². The average molecular weight is 190 g/mol. The minimum atomic E-state index is -3.27. The third kappa shape index (κ3) is 1.97. The van der Waals surface area contributed by atoms with Gasteiger partial charge < -0.3 is 4.52 Å². The molecular formula is C6H10N2O3S. The van der Waals surface area contributed by atoms with Crippen LogP contribution < -0.4 is 4.72 Å². The molecule has 0 spiro atoms. The topological polar surface area (TPSA) is 72.2 Å². The molecule has 1 heterocycles. The second-order valence-corrected chi connectivity index (χ2v) is 4.85. The van der Waals surface area contributed by atoms with Crippen LogP contribution in [0.5, 0.6) is 0 Å². The van der Waals surface area contributed by atoms with Crippen LogP contribution in [0.2, 0.25) is 0 Å². The van der Waals surface area contributed by atoms with Crippen LogP contribution in [0.4, 0.5) is 5.69 Å². The molecule has 0 aliphatic heterocycles. The molecule has 0 aliphatic rings. The molecule has 1 N–H and O–H groups in total. The average Bonchev–Trinajstić information content (AvgIpc) is 2.38. The highest BCUT2D eigenvalue weighted by atomic mass is 32.2. The number of anilines is 1. The fraction of sp³-hybridized carbons (Fsp3) is 0.500. The summed E-state index contributed by atoms with van der Waals surface area (Å²) in [6.07, 6.45) is 2.54. The summed E-state index contributed by atoms with van der Waals surface area (Å²) in [6.45, 7) is 3.19. The molecule has 0 unspecified atom stereocenters. The molecule has 1 rings (SSSR count). The van der Waals surface area contributed by atoms with E-state index in [1.165, 1.54) is 12.5 Å². The molecule has 0 radical (unpaired) electrons. The van der Waals surface area contributed by atoms with Gasteiger partial charge in [-0.2, -0.15) is 0 Å². The van der Waals surface area contributed by atoms with E-state index in [0.717, 1.165) is 0 Å². The lowest BCUT2D eigenvalue weighted by Gasteiger charge is -2.07. The van der Waals surface area contributed by atoms with Crippen LogP contribution in [0, 0.1) is 0 Å². The van der Waals surface area contributed by atoms with Crippen LogP contribution in [0.15, 0.2) is 17.0 Å². The number of aromatic nitrogens is 1. The number of rotatable bonds is 3. The number of nitrogens with zero attached hydrogens (tertiary/aromatic N) is 1. The number of hydrogen-bond acceptors (Lipinski definition) is 4. The predicted octanol–water partition coefficient (Wildman–Crippen LogP) is 0.825. The van der Waals surface area contributed by atoms with Gasteiger partial charge in [-0.25, -0.2) is 8.42 Å². The van der Waals surface area contributed by atoms with Gasteiger partial charge in [0, 0.05) is 0 Å². The van der Waals surface area contributed by atoms with Crippen molar-refractivity contribution in [1.82, 2.24) is 5.16 Å². The lowest BCUT2D eigenvalue weighted by Crippen LogP contribution is -2.22. The van der Waals surface area contributed by atoms with Crippen molar-refractivity contribution in [3.63, 3.8) is 0 Å². The van der Waals surface area contributed by atoms with Crippen LogP contribution >= 0.6 is 0 Å². The summed E-state index contributed by atoms with van der Waals surface area (Å²) in [5, 5.41) is 2.90. The Bertz CT molecular complexity index is 328. The molecular weight excluding hydrogens is 180 g/mol. The highest BCUT2D eigenvalue weighted by molar-refractivity contribution is 7.93. The SMILES string of the molecule is CC(C)S(=O)(=O)Nc1cnoc1. The van der Waals surface area contributed by atoms with Crippen LogP contribution in [0.25, 0.3) is 0 Å². The smallest absolute Gasteiger partial charge is 0.235 e. The zero-order chi connectivity index (χ0) is 9.19. The molecule has 0 aromatic carbocycles. The summed E-state index contributed by atoms with van der Waals surface area (Å²) in [7, 11) is -3.27. The Morgan fingerprint density at radius 1 is 1.58 bits per heavy atom. The Balaban J connectivity index is 2.77. The summed E-state index contributed by atoms with van der Waals surface area (Å²) in [5.41, 5.74) is 0.351. The van der Waals surface area contributed by atoms with Gasteiger partial charge in [0.15, 0.2) is 0 Å². The monoisotopic (exact) mass is 190 g/mol. The van der Waals surface area contributed by atoms with E-state index in [2.05, 4.69) is 14.4 Å². The maximum atomic E-state index is 11.2. The van der Waals surface area contributed by atoms with E-state index in [1.54, 1.807) is 13.8 Å². The molecule has 5 nitrogen and oxygen atoms in total. The molecule has 1 aromatic rings. The van der Waals surface area contributed by atoms with E-state index in [-0.39, 0.29) is 0 Å². The molecule has 0 fully saturated rings. The lowest BCUT2D eigenvalue weighted by molar-refractivity contribution is 0.420. The van der Waals surface area contributed by atoms with Crippen LogP contribution in [-0.4, -0.2) is 18.8 Å². The Kier molecular flexibility index (Phi) is 2.37. The summed E-state index contributed by atoms with van der Waals surface area (Å²) >= 11 is 0. The minimum Gasteiger partial charge on any atom is -0.362 e. The van der Waals surface area contributed by atoms with Crippen LogP contribution in [0.3, 0.4) is 0 Å². The summed E-state index contributed by atoms with van der Waals surface area (Å²) in [4.78, 5) is 0. The summed E-state index contributed by atoms with van der Waals surface area (Å²) in [5.74, 6) is 0. The second-order valence-electron chi connectivity index (χ2n) is 2.61. The van der Waals surface area contributed by atoms with Gasteiger partial charge in [-0.3, -0.25) is 4.72 Å². The normalized spacial score (nSPS) is 11.9. The second kappa shape index (κ2) is 3.14. The lowest BCUT2D eigenvalue weighted by atomic mass is 10.6. The molecule has 6 heteroatoms. The predicted molar refractivity (Wildman–Crippen MR) is 44.2 cm³/mol. The van der Waals surface area contributed by atoms with E-state index in [0.29, 0.717) is 5.69 Å². The van der Waals surface area contributed by atoms with Gasteiger partial charge in [0.2, 0.25) is 10.0 Å². The number of nitrogens with one attached hydrogen (secondary N) is 1. The highest BCUT2D eigenvalue weighted by Gasteiger charge is 2.15. The highest BCUT2D eigenvalue weighted by Crippen LogP contribution is 2.09. The Labute approximate surface area is 70.8 Å².